The molecular weight excluding hydrogens is 460 g/mol. The average molecular weight is 485 g/mol. The monoisotopic (exact) mass is 484 g/mol. The van der Waals surface area contributed by atoms with Crippen molar-refractivity contribution in [2.24, 2.45) is 0 Å². The van der Waals surface area contributed by atoms with E-state index < -0.39 is 0 Å². The maximum absolute atomic E-state index is 12.9. The summed E-state index contributed by atoms with van der Waals surface area (Å²) in [6.07, 6.45) is 0. The van der Waals surface area contributed by atoms with Crippen LogP contribution in [-0.4, -0.2) is 26.9 Å². The summed E-state index contributed by atoms with van der Waals surface area (Å²) in [6, 6.07) is 29.1. The van der Waals surface area contributed by atoms with Crippen molar-refractivity contribution in [2.75, 3.05) is 5.32 Å². The number of carbonyl (C=O) groups is 2. The number of aryl methyl sites for hydroxylation is 2. The molecule has 6 rings (SSSR count). The lowest BCUT2D eigenvalue weighted by Gasteiger charge is -2.17. The summed E-state index contributed by atoms with van der Waals surface area (Å²) in [5.74, 6) is 0.158. The number of carbonyl (C=O) groups excluding carboxylic acids is 2. The highest BCUT2D eigenvalue weighted by Gasteiger charge is 2.35. The molecule has 1 aliphatic heterocycles. The first-order valence-electron chi connectivity index (χ1n) is 12.1. The Kier molecular flexibility index (Phi) is 5.49. The Bertz CT molecular complexity index is 1660. The van der Waals surface area contributed by atoms with Crippen molar-refractivity contribution >= 4 is 34.1 Å². The molecule has 4 aromatic carbocycles. The Morgan fingerprint density at radius 2 is 1.38 bits per heavy atom. The molecule has 1 N–H and O–H groups in total. The first-order valence-corrected chi connectivity index (χ1v) is 12.1. The number of rotatable bonds is 5. The molecule has 0 atom stereocenters. The van der Waals surface area contributed by atoms with Gasteiger partial charge in [0.25, 0.3) is 11.8 Å². The molecule has 1 aliphatic rings. The molecule has 6 nitrogen and oxygen atoms in total. The first-order chi connectivity index (χ1) is 18.0. The summed E-state index contributed by atoms with van der Waals surface area (Å²) in [5, 5.41) is 14.4. The largest absolute Gasteiger partial charge is 0.338 e. The second-order valence-electron chi connectivity index (χ2n) is 9.32. The number of nitrogens with one attached hydrogen (secondary N) is 1. The Morgan fingerprint density at radius 1 is 0.730 bits per heavy atom. The molecular formula is C31H24N4O2. The average Bonchev–Trinajstić information content (AvgIpc) is 3.16. The van der Waals surface area contributed by atoms with E-state index in [-0.39, 0.29) is 18.4 Å². The number of anilines is 2. The minimum absolute atomic E-state index is 0.199. The van der Waals surface area contributed by atoms with E-state index in [1.165, 1.54) is 10.5 Å². The van der Waals surface area contributed by atoms with Crippen molar-refractivity contribution in [3.05, 3.63) is 119 Å². The van der Waals surface area contributed by atoms with E-state index in [4.69, 9.17) is 0 Å². The predicted molar refractivity (Wildman–Crippen MR) is 145 cm³/mol. The van der Waals surface area contributed by atoms with Gasteiger partial charge in [0.2, 0.25) is 0 Å². The molecule has 2 amide bonds. The Labute approximate surface area is 214 Å². The van der Waals surface area contributed by atoms with Gasteiger partial charge in [0.05, 0.1) is 17.7 Å². The van der Waals surface area contributed by atoms with Crippen molar-refractivity contribution in [3.63, 3.8) is 0 Å². The fraction of sp³-hybridized carbons (Fsp3) is 0.0968. The first kappa shape index (κ1) is 22.6. The van der Waals surface area contributed by atoms with Crippen molar-refractivity contribution in [1.29, 1.82) is 0 Å². The fourth-order valence-electron chi connectivity index (χ4n) is 4.73. The van der Waals surface area contributed by atoms with E-state index >= 15 is 0 Å². The van der Waals surface area contributed by atoms with Crippen LogP contribution in [0.15, 0.2) is 91.0 Å². The second kappa shape index (κ2) is 8.99. The third kappa shape index (κ3) is 4.02. The fourth-order valence-corrected chi connectivity index (χ4v) is 4.73. The number of hydrogen-bond acceptors (Lipinski definition) is 5. The lowest BCUT2D eigenvalue weighted by Crippen LogP contribution is -2.29. The van der Waals surface area contributed by atoms with Crippen molar-refractivity contribution in [3.8, 4) is 11.3 Å². The number of benzene rings is 4. The van der Waals surface area contributed by atoms with Crippen LogP contribution in [-0.2, 0) is 6.54 Å². The van der Waals surface area contributed by atoms with E-state index in [0.29, 0.717) is 16.9 Å². The standard InChI is InChI=1S/C31H24N4O2/c1-19-11-15-23(16-12-19)32-29-25-8-4-3-7-24(25)28(33-34-29)21-14-13-20(2)22(17-21)18-35-30(36)26-9-5-6-10-27(26)31(35)37/h3-17H,18H2,1-2H3,(H,32,34). The van der Waals surface area contributed by atoms with Crippen LogP contribution < -0.4 is 5.32 Å². The zero-order valence-electron chi connectivity index (χ0n) is 20.5. The van der Waals surface area contributed by atoms with Crippen LogP contribution >= 0.6 is 0 Å². The third-order valence-electron chi connectivity index (χ3n) is 6.83. The molecule has 0 aliphatic carbocycles. The maximum atomic E-state index is 12.9. The van der Waals surface area contributed by atoms with E-state index in [0.717, 1.165) is 38.8 Å². The zero-order valence-corrected chi connectivity index (χ0v) is 20.5. The molecule has 1 aromatic heterocycles. The minimum Gasteiger partial charge on any atom is -0.338 e. The SMILES string of the molecule is Cc1ccc(Nc2nnc(-c3ccc(C)c(CN4C(=O)c5ccccc5C4=O)c3)c3ccccc23)cc1. The van der Waals surface area contributed by atoms with Gasteiger partial charge in [-0.05, 0) is 55.3 Å². The molecule has 0 spiro atoms. The second-order valence-corrected chi connectivity index (χ2v) is 9.32. The van der Waals surface area contributed by atoms with E-state index in [9.17, 15) is 9.59 Å². The lowest BCUT2D eigenvalue weighted by atomic mass is 9.99. The molecule has 37 heavy (non-hydrogen) atoms. The van der Waals surface area contributed by atoms with Gasteiger partial charge in [0.1, 0.15) is 5.69 Å². The number of aromatic nitrogens is 2. The molecule has 5 aromatic rings. The molecule has 0 unspecified atom stereocenters. The van der Waals surface area contributed by atoms with Crippen LogP contribution in [0.5, 0.6) is 0 Å². The molecule has 0 fully saturated rings. The predicted octanol–water partition coefficient (Wildman–Crippen LogP) is 6.45. The zero-order chi connectivity index (χ0) is 25.5. The topological polar surface area (TPSA) is 75.2 Å². The number of imide groups is 1. The summed E-state index contributed by atoms with van der Waals surface area (Å²) in [6.45, 7) is 4.23. The van der Waals surface area contributed by atoms with E-state index in [2.05, 4.69) is 34.6 Å². The number of hydrogen-bond donors (Lipinski definition) is 1. The molecule has 2 heterocycles. The highest BCUT2D eigenvalue weighted by molar-refractivity contribution is 6.21. The summed E-state index contributed by atoms with van der Waals surface area (Å²) >= 11 is 0. The van der Waals surface area contributed by atoms with Crippen LogP contribution in [0, 0.1) is 13.8 Å². The smallest absolute Gasteiger partial charge is 0.261 e. The van der Waals surface area contributed by atoms with Crippen molar-refractivity contribution in [1.82, 2.24) is 15.1 Å². The Morgan fingerprint density at radius 3 is 2.08 bits per heavy atom. The van der Waals surface area contributed by atoms with Gasteiger partial charge in [0, 0.05) is 22.0 Å². The van der Waals surface area contributed by atoms with Crippen LogP contribution in [0.1, 0.15) is 37.4 Å². The molecule has 0 radical (unpaired) electrons. The highest BCUT2D eigenvalue weighted by atomic mass is 16.2. The van der Waals surface area contributed by atoms with Crippen LogP contribution in [0.4, 0.5) is 11.5 Å². The van der Waals surface area contributed by atoms with Crippen LogP contribution in [0.25, 0.3) is 22.0 Å². The van der Waals surface area contributed by atoms with Gasteiger partial charge < -0.3 is 5.32 Å². The molecule has 180 valence electrons. The van der Waals surface area contributed by atoms with Crippen LogP contribution in [0.2, 0.25) is 0 Å². The highest BCUT2D eigenvalue weighted by Crippen LogP contribution is 2.33. The van der Waals surface area contributed by atoms with Gasteiger partial charge in [-0.15, -0.1) is 10.2 Å². The van der Waals surface area contributed by atoms with E-state index in [1.54, 1.807) is 24.3 Å². The van der Waals surface area contributed by atoms with Gasteiger partial charge in [-0.2, -0.15) is 0 Å². The van der Waals surface area contributed by atoms with Gasteiger partial charge >= 0.3 is 0 Å². The molecule has 0 bridgehead atoms. The van der Waals surface area contributed by atoms with Gasteiger partial charge in [-0.25, -0.2) is 0 Å². The summed E-state index contributed by atoms with van der Waals surface area (Å²) in [7, 11) is 0. The minimum atomic E-state index is -0.262. The molecule has 6 heteroatoms. The van der Waals surface area contributed by atoms with Crippen molar-refractivity contribution in [2.45, 2.75) is 20.4 Å². The number of nitrogens with zero attached hydrogens (tertiary/aromatic N) is 3. The number of fused-ring (bicyclic) bond motifs is 2. The van der Waals surface area contributed by atoms with Crippen molar-refractivity contribution < 1.29 is 9.59 Å². The summed E-state index contributed by atoms with van der Waals surface area (Å²) in [4.78, 5) is 27.2. The lowest BCUT2D eigenvalue weighted by molar-refractivity contribution is 0.0642. The summed E-state index contributed by atoms with van der Waals surface area (Å²) < 4.78 is 0. The van der Waals surface area contributed by atoms with Gasteiger partial charge in [0.15, 0.2) is 5.82 Å². The Hall–Kier alpha value is -4.84. The summed E-state index contributed by atoms with van der Waals surface area (Å²) in [5.41, 5.74) is 6.54. The van der Waals surface area contributed by atoms with Gasteiger partial charge in [-0.3, -0.25) is 14.5 Å². The third-order valence-corrected chi connectivity index (χ3v) is 6.83. The van der Waals surface area contributed by atoms with Crippen LogP contribution in [0.3, 0.4) is 0 Å². The number of amides is 2. The molecule has 0 saturated heterocycles. The maximum Gasteiger partial charge on any atom is 0.261 e. The van der Waals surface area contributed by atoms with Gasteiger partial charge in [-0.1, -0.05) is 66.2 Å². The molecule has 0 saturated carbocycles. The normalized spacial score (nSPS) is 12.8. The van der Waals surface area contributed by atoms with E-state index in [1.807, 2.05) is 61.5 Å². The quantitative estimate of drug-likeness (QED) is 0.290. The Balaban J connectivity index is 1.36.